The highest BCUT2D eigenvalue weighted by molar-refractivity contribution is 5.28. The van der Waals surface area contributed by atoms with Gasteiger partial charge in [-0.1, -0.05) is 13.8 Å². The molecule has 1 heterocycles. The van der Waals surface area contributed by atoms with E-state index in [1.165, 1.54) is 0 Å². The SMILES string of the molecule is Cc1cc(C(C)C)nc(NCCN)n1. The van der Waals surface area contributed by atoms with E-state index < -0.39 is 0 Å². The van der Waals surface area contributed by atoms with Crippen LogP contribution in [0.5, 0.6) is 0 Å². The lowest BCUT2D eigenvalue weighted by molar-refractivity contribution is 0.808. The van der Waals surface area contributed by atoms with Gasteiger partial charge in [0.2, 0.25) is 5.95 Å². The molecule has 0 aliphatic heterocycles. The van der Waals surface area contributed by atoms with Crippen molar-refractivity contribution in [1.29, 1.82) is 0 Å². The maximum absolute atomic E-state index is 5.39. The van der Waals surface area contributed by atoms with E-state index in [0.717, 1.165) is 11.4 Å². The topological polar surface area (TPSA) is 63.8 Å². The molecule has 78 valence electrons. The first-order valence-electron chi connectivity index (χ1n) is 4.93. The predicted molar refractivity (Wildman–Crippen MR) is 58.4 cm³/mol. The average molecular weight is 194 g/mol. The molecule has 0 amide bonds. The third-order valence-corrected chi connectivity index (χ3v) is 1.89. The van der Waals surface area contributed by atoms with E-state index in [2.05, 4.69) is 29.1 Å². The van der Waals surface area contributed by atoms with Crippen molar-refractivity contribution in [3.63, 3.8) is 0 Å². The molecule has 0 aromatic carbocycles. The van der Waals surface area contributed by atoms with Crippen LogP contribution in [0.3, 0.4) is 0 Å². The molecule has 0 aliphatic carbocycles. The summed E-state index contributed by atoms with van der Waals surface area (Å²) in [5.41, 5.74) is 7.45. The molecule has 0 aliphatic rings. The summed E-state index contributed by atoms with van der Waals surface area (Å²) in [7, 11) is 0. The summed E-state index contributed by atoms with van der Waals surface area (Å²) in [6, 6.07) is 2.01. The van der Waals surface area contributed by atoms with Gasteiger partial charge in [0.25, 0.3) is 0 Å². The van der Waals surface area contributed by atoms with Gasteiger partial charge in [-0.3, -0.25) is 0 Å². The molecule has 1 rings (SSSR count). The van der Waals surface area contributed by atoms with Gasteiger partial charge in [0.1, 0.15) is 0 Å². The molecule has 1 aromatic rings. The van der Waals surface area contributed by atoms with Gasteiger partial charge in [-0.2, -0.15) is 0 Å². The normalized spacial score (nSPS) is 10.6. The highest BCUT2D eigenvalue weighted by Crippen LogP contribution is 2.13. The highest BCUT2D eigenvalue weighted by Gasteiger charge is 2.04. The molecular formula is C10H18N4. The van der Waals surface area contributed by atoms with Gasteiger partial charge in [-0.15, -0.1) is 0 Å². The summed E-state index contributed by atoms with van der Waals surface area (Å²) in [5, 5.41) is 3.08. The van der Waals surface area contributed by atoms with Crippen molar-refractivity contribution < 1.29 is 0 Å². The number of aromatic nitrogens is 2. The molecule has 0 bridgehead atoms. The Kier molecular flexibility index (Phi) is 3.83. The van der Waals surface area contributed by atoms with Crippen molar-refractivity contribution in [3.05, 3.63) is 17.5 Å². The van der Waals surface area contributed by atoms with Crippen LogP contribution < -0.4 is 11.1 Å². The quantitative estimate of drug-likeness (QED) is 0.758. The van der Waals surface area contributed by atoms with Crippen LogP contribution >= 0.6 is 0 Å². The number of rotatable bonds is 4. The molecule has 0 radical (unpaired) electrons. The average Bonchev–Trinajstić information content (AvgIpc) is 2.14. The van der Waals surface area contributed by atoms with Crippen LogP contribution in [0.25, 0.3) is 0 Å². The van der Waals surface area contributed by atoms with Gasteiger partial charge in [0, 0.05) is 24.5 Å². The second-order valence-corrected chi connectivity index (χ2v) is 3.63. The number of anilines is 1. The van der Waals surface area contributed by atoms with E-state index in [1.807, 2.05) is 13.0 Å². The Morgan fingerprint density at radius 2 is 2.14 bits per heavy atom. The molecule has 4 nitrogen and oxygen atoms in total. The zero-order valence-electron chi connectivity index (χ0n) is 9.04. The molecular weight excluding hydrogens is 176 g/mol. The van der Waals surface area contributed by atoms with E-state index in [4.69, 9.17) is 5.73 Å². The second kappa shape index (κ2) is 4.91. The Bertz CT molecular complexity index is 296. The van der Waals surface area contributed by atoms with E-state index in [0.29, 0.717) is 25.0 Å². The van der Waals surface area contributed by atoms with Crippen LogP contribution in [-0.4, -0.2) is 23.1 Å². The van der Waals surface area contributed by atoms with Gasteiger partial charge in [0.05, 0.1) is 0 Å². The third-order valence-electron chi connectivity index (χ3n) is 1.89. The van der Waals surface area contributed by atoms with Crippen LogP contribution in [0.15, 0.2) is 6.07 Å². The fraction of sp³-hybridized carbons (Fsp3) is 0.600. The minimum atomic E-state index is 0.426. The molecule has 0 spiro atoms. The molecule has 0 saturated heterocycles. The van der Waals surface area contributed by atoms with Gasteiger partial charge < -0.3 is 11.1 Å². The molecule has 14 heavy (non-hydrogen) atoms. The third kappa shape index (κ3) is 2.96. The van der Waals surface area contributed by atoms with Crippen molar-refractivity contribution >= 4 is 5.95 Å². The van der Waals surface area contributed by atoms with E-state index >= 15 is 0 Å². The number of hydrogen-bond acceptors (Lipinski definition) is 4. The van der Waals surface area contributed by atoms with E-state index in [9.17, 15) is 0 Å². The Hall–Kier alpha value is -1.16. The van der Waals surface area contributed by atoms with Crippen molar-refractivity contribution in [3.8, 4) is 0 Å². The first kappa shape index (κ1) is 10.9. The Morgan fingerprint density at radius 3 is 2.71 bits per heavy atom. The number of nitrogens with zero attached hydrogens (tertiary/aromatic N) is 2. The number of nitrogens with one attached hydrogen (secondary N) is 1. The lowest BCUT2D eigenvalue weighted by Gasteiger charge is -2.09. The van der Waals surface area contributed by atoms with Gasteiger partial charge in [0.15, 0.2) is 0 Å². The summed E-state index contributed by atoms with van der Waals surface area (Å²) in [6.07, 6.45) is 0. The van der Waals surface area contributed by atoms with Crippen LogP contribution in [0.1, 0.15) is 31.2 Å². The zero-order valence-corrected chi connectivity index (χ0v) is 9.04. The standard InChI is InChI=1S/C10H18N4/c1-7(2)9-6-8(3)13-10(14-9)12-5-4-11/h6-7H,4-5,11H2,1-3H3,(H,12,13,14). The van der Waals surface area contributed by atoms with Crippen LogP contribution in [-0.2, 0) is 0 Å². The summed E-state index contributed by atoms with van der Waals surface area (Å²) in [4.78, 5) is 8.67. The van der Waals surface area contributed by atoms with E-state index in [-0.39, 0.29) is 0 Å². The Balaban J connectivity index is 2.84. The monoisotopic (exact) mass is 194 g/mol. The molecule has 0 saturated carbocycles. The summed E-state index contributed by atoms with van der Waals surface area (Å²) < 4.78 is 0. The summed E-state index contributed by atoms with van der Waals surface area (Å²) in [6.45, 7) is 7.51. The summed E-state index contributed by atoms with van der Waals surface area (Å²) in [5.74, 6) is 1.11. The highest BCUT2D eigenvalue weighted by atomic mass is 15.1. The molecule has 0 fully saturated rings. The Morgan fingerprint density at radius 1 is 1.43 bits per heavy atom. The Labute approximate surface area is 85.0 Å². The lowest BCUT2D eigenvalue weighted by Crippen LogP contribution is -2.15. The maximum atomic E-state index is 5.39. The van der Waals surface area contributed by atoms with Gasteiger partial charge in [-0.05, 0) is 18.9 Å². The molecule has 0 unspecified atom stereocenters. The fourth-order valence-electron chi connectivity index (χ4n) is 1.15. The van der Waals surface area contributed by atoms with Crippen molar-refractivity contribution in [2.45, 2.75) is 26.7 Å². The van der Waals surface area contributed by atoms with Crippen molar-refractivity contribution in [2.24, 2.45) is 5.73 Å². The minimum absolute atomic E-state index is 0.426. The number of aryl methyl sites for hydroxylation is 1. The van der Waals surface area contributed by atoms with E-state index in [1.54, 1.807) is 0 Å². The molecule has 0 atom stereocenters. The first-order valence-corrected chi connectivity index (χ1v) is 4.93. The second-order valence-electron chi connectivity index (χ2n) is 3.63. The molecule has 4 heteroatoms. The predicted octanol–water partition coefficient (Wildman–Crippen LogP) is 1.28. The zero-order chi connectivity index (χ0) is 10.6. The smallest absolute Gasteiger partial charge is 0.223 e. The van der Waals surface area contributed by atoms with Gasteiger partial charge >= 0.3 is 0 Å². The van der Waals surface area contributed by atoms with Gasteiger partial charge in [-0.25, -0.2) is 9.97 Å². The maximum Gasteiger partial charge on any atom is 0.223 e. The minimum Gasteiger partial charge on any atom is -0.353 e. The summed E-state index contributed by atoms with van der Waals surface area (Å²) >= 11 is 0. The first-order chi connectivity index (χ1) is 6.63. The van der Waals surface area contributed by atoms with Crippen LogP contribution in [0, 0.1) is 6.92 Å². The van der Waals surface area contributed by atoms with Crippen molar-refractivity contribution in [1.82, 2.24) is 9.97 Å². The van der Waals surface area contributed by atoms with Crippen molar-refractivity contribution in [2.75, 3.05) is 18.4 Å². The van der Waals surface area contributed by atoms with Crippen LogP contribution in [0.4, 0.5) is 5.95 Å². The largest absolute Gasteiger partial charge is 0.353 e. The molecule has 3 N–H and O–H groups in total. The number of nitrogens with two attached hydrogens (primary N) is 1. The fourth-order valence-corrected chi connectivity index (χ4v) is 1.15. The lowest BCUT2D eigenvalue weighted by atomic mass is 10.1. The van der Waals surface area contributed by atoms with Crippen LogP contribution in [0.2, 0.25) is 0 Å². The number of hydrogen-bond donors (Lipinski definition) is 2. The molecule has 1 aromatic heterocycles.